The van der Waals surface area contributed by atoms with E-state index in [0.717, 1.165) is 55.9 Å². The minimum atomic E-state index is -3.90. The number of methoxy groups -OCH3 is 1. The number of nitrogens with one attached hydrogen (secondary N) is 3. The Kier molecular flexibility index (Phi) is 11.4. The van der Waals surface area contributed by atoms with Crippen LogP contribution in [0.25, 0.3) is 17.0 Å². The van der Waals surface area contributed by atoms with Crippen LogP contribution in [0.5, 0.6) is 11.6 Å². The molecule has 2 aromatic rings. The lowest BCUT2D eigenvalue weighted by Gasteiger charge is -2.35. The first kappa shape index (κ1) is 40.1. The molecule has 1 aromatic heterocycles. The minimum absolute atomic E-state index is 0.0107. The first-order valence-electron chi connectivity index (χ1n) is 20.8. The number of allylic oxidation sites excluding steroid dienone is 1. The summed E-state index contributed by atoms with van der Waals surface area (Å²) >= 11 is 0. The molecule has 3 aliphatic carbocycles. The van der Waals surface area contributed by atoms with Gasteiger partial charge < -0.3 is 34.6 Å². The lowest BCUT2D eigenvalue weighted by Crippen LogP contribution is -2.60. The third-order valence-electron chi connectivity index (χ3n) is 12.7. The van der Waals surface area contributed by atoms with Crippen molar-refractivity contribution in [2.75, 3.05) is 33.4 Å². The second kappa shape index (κ2) is 16.5. The number of hydrogen-bond donors (Lipinski definition) is 3. The van der Waals surface area contributed by atoms with Crippen molar-refractivity contribution in [3.8, 4) is 11.6 Å². The Labute approximate surface area is 339 Å². The first-order valence-corrected chi connectivity index (χ1v) is 22.3. The fraction of sp³-hybridized carbons (Fsp3) is 0.595. The van der Waals surface area contributed by atoms with Crippen LogP contribution in [0.3, 0.4) is 0 Å². The van der Waals surface area contributed by atoms with E-state index in [-0.39, 0.29) is 37.4 Å². The summed E-state index contributed by atoms with van der Waals surface area (Å²) in [4.78, 5) is 65.2. The van der Waals surface area contributed by atoms with Crippen molar-refractivity contribution in [2.45, 2.75) is 112 Å². The average Bonchev–Trinajstić information content (AvgIpc) is 4.11. The number of carbonyl (C=O) groups is 4. The van der Waals surface area contributed by atoms with E-state index in [1.807, 2.05) is 36.4 Å². The van der Waals surface area contributed by atoms with Crippen LogP contribution in [0, 0.1) is 11.8 Å². The molecule has 1 unspecified atom stereocenters. The molecule has 3 aliphatic heterocycles. The van der Waals surface area contributed by atoms with Gasteiger partial charge in [0.1, 0.15) is 29.5 Å². The van der Waals surface area contributed by atoms with E-state index in [2.05, 4.69) is 21.9 Å². The average molecular weight is 819 g/mol. The van der Waals surface area contributed by atoms with Crippen molar-refractivity contribution in [1.82, 2.24) is 30.1 Å². The summed E-state index contributed by atoms with van der Waals surface area (Å²) in [6, 6.07) is 5.23. The molecule has 1 aromatic carbocycles. The number of benzene rings is 1. The van der Waals surface area contributed by atoms with Gasteiger partial charge in [-0.1, -0.05) is 37.5 Å². The Balaban J connectivity index is 1.14. The van der Waals surface area contributed by atoms with E-state index in [9.17, 15) is 22.8 Å². The zero-order valence-electron chi connectivity index (χ0n) is 33.0. The number of carbonyl (C=O) groups excluding carboxylic acids is 4. The zero-order chi connectivity index (χ0) is 40.6. The second-order valence-corrected chi connectivity index (χ2v) is 18.7. The third-order valence-corrected chi connectivity index (χ3v) is 14.5. The summed E-state index contributed by atoms with van der Waals surface area (Å²) in [7, 11) is -2.32. The summed E-state index contributed by atoms with van der Waals surface area (Å²) < 4.78 is 46.2. The molecule has 2 saturated heterocycles. The maximum atomic E-state index is 15.0. The van der Waals surface area contributed by atoms with Gasteiger partial charge in [-0.3, -0.25) is 19.1 Å². The molecule has 4 heterocycles. The Hall–Kier alpha value is -4.70. The van der Waals surface area contributed by atoms with Gasteiger partial charge in [0, 0.05) is 49.1 Å². The minimum Gasteiger partial charge on any atom is -0.497 e. The van der Waals surface area contributed by atoms with Crippen molar-refractivity contribution in [1.29, 1.82) is 0 Å². The molecule has 6 atom stereocenters. The quantitative estimate of drug-likeness (QED) is 0.331. The van der Waals surface area contributed by atoms with Crippen LogP contribution in [-0.4, -0.2) is 115 Å². The van der Waals surface area contributed by atoms with E-state index >= 15 is 4.79 Å². The highest BCUT2D eigenvalue weighted by Gasteiger charge is 2.62. The number of rotatable bonds is 8. The SMILES string of the molecule is C=CC1C[C@]1(NC(=O)[C@@H]1C[C@@H]2CN1C(=O)[C@H](C1CCCCC1)NC(=O)N1CC[C@@H](C1)OCCC/C=C/c1cc3ccc(OC)cc3nc1O2)C(=O)NS(=O)(=O)C1CC1. The normalized spacial score (nSPS) is 30.2. The van der Waals surface area contributed by atoms with Crippen LogP contribution in [0.1, 0.15) is 82.6 Å². The molecule has 0 radical (unpaired) electrons. The number of ether oxygens (including phenoxy) is 3. The second-order valence-electron chi connectivity index (χ2n) is 16.7. The van der Waals surface area contributed by atoms with E-state index < -0.39 is 62.6 Å². The smallest absolute Gasteiger partial charge is 0.318 e. The number of nitrogens with zero attached hydrogens (tertiary/aromatic N) is 3. The van der Waals surface area contributed by atoms with Gasteiger partial charge in [-0.25, -0.2) is 18.2 Å². The van der Waals surface area contributed by atoms with E-state index in [1.54, 1.807) is 12.0 Å². The topological polar surface area (TPSA) is 186 Å². The molecule has 0 spiro atoms. The standard InChI is InChI=1S/C42H54N6O9S/c1-3-29-23-42(29,40(51)46-58(53,54)33-15-16-33)45-37(49)35-22-32-25-48(35)39(50)36(26-10-6-4-7-11-26)44-41(52)47-18-17-31(24-47)56-19-9-5-8-12-28-20-27-13-14-30(55-2)21-34(27)43-38(28)57-32/h3,8,12-14,20-21,26,29,31-33,35-36H,1,4-7,9-11,15-19,22-25H2,2H3,(H,44,52)(H,45,49)(H,46,51)/b12-8+/t29?,31-,32+,35-,36-,42+/m0/s1. The zero-order valence-corrected chi connectivity index (χ0v) is 33.8. The van der Waals surface area contributed by atoms with E-state index in [4.69, 9.17) is 19.2 Å². The third kappa shape index (κ3) is 8.40. The molecule has 8 rings (SSSR count). The van der Waals surface area contributed by atoms with Crippen LogP contribution in [0.15, 0.2) is 43.0 Å². The van der Waals surface area contributed by atoms with Gasteiger partial charge in [-0.05, 0) is 75.5 Å². The molecular formula is C42H54N6O9S. The van der Waals surface area contributed by atoms with Crippen LogP contribution < -0.4 is 24.8 Å². The van der Waals surface area contributed by atoms with Crippen LogP contribution in [0.2, 0.25) is 0 Å². The first-order chi connectivity index (χ1) is 28.0. The predicted molar refractivity (Wildman–Crippen MR) is 215 cm³/mol. The van der Waals surface area contributed by atoms with Crippen molar-refractivity contribution in [3.63, 3.8) is 0 Å². The number of fused-ring (bicyclic) bond motifs is 6. The number of pyridine rings is 1. The summed E-state index contributed by atoms with van der Waals surface area (Å²) in [5.41, 5.74) is -0.177. The monoisotopic (exact) mass is 818 g/mol. The highest BCUT2D eigenvalue weighted by Crippen LogP contribution is 2.46. The number of urea groups is 1. The Morgan fingerprint density at radius 2 is 1.86 bits per heavy atom. The molecule has 4 bridgehead atoms. The van der Waals surface area contributed by atoms with Gasteiger partial charge in [-0.2, -0.15) is 0 Å². The Morgan fingerprint density at radius 3 is 2.60 bits per heavy atom. The molecule has 3 N–H and O–H groups in total. The highest BCUT2D eigenvalue weighted by molar-refractivity contribution is 7.91. The van der Waals surface area contributed by atoms with Crippen LogP contribution in [-0.2, 0) is 29.1 Å². The molecule has 3 saturated carbocycles. The maximum Gasteiger partial charge on any atom is 0.318 e. The molecule has 312 valence electrons. The van der Waals surface area contributed by atoms with Crippen molar-refractivity contribution in [2.24, 2.45) is 11.8 Å². The van der Waals surface area contributed by atoms with Crippen LogP contribution in [0.4, 0.5) is 4.79 Å². The van der Waals surface area contributed by atoms with Crippen molar-refractivity contribution < 1.29 is 41.8 Å². The maximum absolute atomic E-state index is 15.0. The number of hydrogen-bond acceptors (Lipinski definition) is 10. The van der Waals surface area contributed by atoms with Gasteiger partial charge in [-0.15, -0.1) is 6.58 Å². The highest BCUT2D eigenvalue weighted by atomic mass is 32.2. The summed E-state index contributed by atoms with van der Waals surface area (Å²) in [5.74, 6) is -1.55. The predicted octanol–water partition coefficient (Wildman–Crippen LogP) is 3.82. The molecule has 6 aliphatic rings. The molecule has 16 heteroatoms. The Bertz CT molecular complexity index is 2090. The summed E-state index contributed by atoms with van der Waals surface area (Å²) in [6.45, 7) is 5.29. The van der Waals surface area contributed by atoms with Crippen molar-refractivity contribution >= 4 is 50.8 Å². The van der Waals surface area contributed by atoms with Crippen molar-refractivity contribution in [3.05, 3.63) is 48.6 Å². The molecule has 58 heavy (non-hydrogen) atoms. The largest absolute Gasteiger partial charge is 0.497 e. The fourth-order valence-corrected chi connectivity index (χ4v) is 10.4. The van der Waals surface area contributed by atoms with Gasteiger partial charge in [0.2, 0.25) is 27.7 Å². The van der Waals surface area contributed by atoms with Gasteiger partial charge in [0.25, 0.3) is 5.91 Å². The van der Waals surface area contributed by atoms with E-state index in [1.165, 1.54) is 11.0 Å². The van der Waals surface area contributed by atoms with Crippen LogP contribution >= 0.6 is 0 Å². The van der Waals surface area contributed by atoms with E-state index in [0.29, 0.717) is 56.1 Å². The lowest BCUT2D eigenvalue weighted by molar-refractivity contribution is -0.142. The molecule has 5 amide bonds. The molecule has 15 nitrogen and oxygen atoms in total. The summed E-state index contributed by atoms with van der Waals surface area (Å²) in [6.07, 6.45) is 12.4. The van der Waals surface area contributed by atoms with Gasteiger partial charge in [0.05, 0.1) is 30.5 Å². The van der Waals surface area contributed by atoms with Gasteiger partial charge in [0.15, 0.2) is 0 Å². The number of amides is 5. The number of aromatic nitrogens is 1. The fourth-order valence-electron chi connectivity index (χ4n) is 9.00. The lowest BCUT2D eigenvalue weighted by atomic mass is 9.83. The number of sulfonamides is 1. The summed E-state index contributed by atoms with van der Waals surface area (Å²) in [5, 5.41) is 6.21. The van der Waals surface area contributed by atoms with Gasteiger partial charge >= 0.3 is 6.03 Å². The molecule has 5 fully saturated rings. The molecular weight excluding hydrogens is 765 g/mol. The Morgan fingerprint density at radius 1 is 1.05 bits per heavy atom.